The van der Waals surface area contributed by atoms with Gasteiger partial charge in [0.25, 0.3) is 0 Å². The van der Waals surface area contributed by atoms with Crippen molar-refractivity contribution < 1.29 is 8.78 Å². The van der Waals surface area contributed by atoms with E-state index in [1.54, 1.807) is 18.2 Å². The van der Waals surface area contributed by atoms with Crippen molar-refractivity contribution in [3.05, 3.63) is 95.9 Å². The van der Waals surface area contributed by atoms with Crippen molar-refractivity contribution in [3.8, 4) is 11.1 Å². The summed E-state index contributed by atoms with van der Waals surface area (Å²) < 4.78 is 28.7. The summed E-state index contributed by atoms with van der Waals surface area (Å²) in [4.78, 5) is 12.7. The van der Waals surface area contributed by atoms with Crippen molar-refractivity contribution in [2.75, 3.05) is 0 Å². The molecule has 176 valence electrons. The number of fused-ring (bicyclic) bond motifs is 2. The molecule has 0 unspecified atom stereocenters. The molecule has 6 rings (SSSR count). The SMILES string of the molecule is C[C@H](c1nc2cc(-c3ccccc3)c(F)cc2[nH]1)C1CCC(c2ccnc3ccc(F)cc23)CC1. The Kier molecular flexibility index (Phi) is 5.56. The van der Waals surface area contributed by atoms with Crippen LogP contribution in [0.2, 0.25) is 0 Å². The monoisotopic (exact) mass is 467 g/mol. The summed E-state index contributed by atoms with van der Waals surface area (Å²) in [6, 6.07) is 19.9. The van der Waals surface area contributed by atoms with Crippen LogP contribution >= 0.6 is 0 Å². The van der Waals surface area contributed by atoms with E-state index < -0.39 is 0 Å². The zero-order valence-corrected chi connectivity index (χ0v) is 19.6. The normalized spacial score (nSPS) is 19.3. The molecule has 1 aliphatic carbocycles. The number of pyridine rings is 1. The third kappa shape index (κ3) is 4.09. The Bertz CT molecular complexity index is 1500. The molecule has 2 heterocycles. The van der Waals surface area contributed by atoms with Crippen LogP contribution in [-0.4, -0.2) is 15.0 Å². The van der Waals surface area contributed by atoms with Crippen LogP contribution in [-0.2, 0) is 0 Å². The Labute approximate surface area is 203 Å². The summed E-state index contributed by atoms with van der Waals surface area (Å²) in [5.74, 6) is 1.61. The predicted octanol–water partition coefficient (Wildman–Crippen LogP) is 8.13. The minimum atomic E-state index is -0.243. The fraction of sp³-hybridized carbons (Fsp3) is 0.267. The zero-order chi connectivity index (χ0) is 23.9. The molecular weight excluding hydrogens is 440 g/mol. The number of nitrogens with one attached hydrogen (secondary N) is 1. The van der Waals surface area contributed by atoms with Gasteiger partial charge in [-0.2, -0.15) is 0 Å². The number of halogens is 2. The summed E-state index contributed by atoms with van der Waals surface area (Å²) in [5.41, 5.74) is 5.02. The number of hydrogen-bond donors (Lipinski definition) is 1. The average molecular weight is 468 g/mol. The first-order valence-corrected chi connectivity index (χ1v) is 12.4. The highest BCUT2D eigenvalue weighted by molar-refractivity contribution is 5.83. The zero-order valence-electron chi connectivity index (χ0n) is 19.6. The van der Waals surface area contributed by atoms with Gasteiger partial charge in [0.05, 0.1) is 16.6 Å². The number of hydrogen-bond acceptors (Lipinski definition) is 2. The Hall–Kier alpha value is -3.60. The molecule has 1 N–H and O–H groups in total. The average Bonchev–Trinajstić information content (AvgIpc) is 3.31. The highest BCUT2D eigenvalue weighted by atomic mass is 19.1. The van der Waals surface area contributed by atoms with Crippen LogP contribution in [0.1, 0.15) is 55.8 Å². The molecule has 3 nitrogen and oxygen atoms in total. The molecule has 1 aliphatic rings. The van der Waals surface area contributed by atoms with Gasteiger partial charge in [0, 0.05) is 29.1 Å². The minimum absolute atomic E-state index is 0.217. The lowest BCUT2D eigenvalue weighted by Gasteiger charge is -2.32. The molecule has 1 fully saturated rings. The van der Waals surface area contributed by atoms with Gasteiger partial charge < -0.3 is 4.98 Å². The van der Waals surface area contributed by atoms with Crippen molar-refractivity contribution in [3.63, 3.8) is 0 Å². The first-order valence-electron chi connectivity index (χ1n) is 12.4. The minimum Gasteiger partial charge on any atom is -0.342 e. The highest BCUT2D eigenvalue weighted by Crippen LogP contribution is 2.43. The third-order valence-electron chi connectivity index (χ3n) is 7.76. The maximum atomic E-state index is 14.8. The number of aromatic nitrogens is 3. The van der Waals surface area contributed by atoms with E-state index in [2.05, 4.69) is 16.9 Å². The number of rotatable bonds is 4. The number of aromatic amines is 1. The van der Waals surface area contributed by atoms with Crippen LogP contribution in [0.4, 0.5) is 8.78 Å². The fourth-order valence-electron chi connectivity index (χ4n) is 5.75. The van der Waals surface area contributed by atoms with E-state index in [1.165, 1.54) is 11.6 Å². The topological polar surface area (TPSA) is 41.6 Å². The largest absolute Gasteiger partial charge is 0.342 e. The van der Waals surface area contributed by atoms with Gasteiger partial charge in [-0.1, -0.05) is 37.3 Å². The van der Waals surface area contributed by atoms with Crippen molar-refractivity contribution >= 4 is 21.9 Å². The Morgan fingerprint density at radius 1 is 0.886 bits per heavy atom. The van der Waals surface area contributed by atoms with Gasteiger partial charge in [0.2, 0.25) is 0 Å². The molecule has 0 aliphatic heterocycles. The molecule has 2 aromatic heterocycles. The van der Waals surface area contributed by atoms with Crippen molar-refractivity contribution in [1.82, 2.24) is 15.0 Å². The van der Waals surface area contributed by atoms with E-state index in [0.29, 0.717) is 17.4 Å². The molecule has 1 atom stereocenters. The number of H-pyrrole nitrogens is 1. The van der Waals surface area contributed by atoms with Crippen LogP contribution < -0.4 is 0 Å². The number of nitrogens with zero attached hydrogens (tertiary/aromatic N) is 2. The second-order valence-corrected chi connectivity index (χ2v) is 9.80. The van der Waals surface area contributed by atoms with Gasteiger partial charge in [0.15, 0.2) is 0 Å². The second kappa shape index (κ2) is 8.88. The summed E-state index contributed by atoms with van der Waals surface area (Å²) in [6.07, 6.45) is 6.09. The molecule has 0 amide bonds. The molecule has 1 saturated carbocycles. The second-order valence-electron chi connectivity index (χ2n) is 9.80. The quantitative estimate of drug-likeness (QED) is 0.290. The van der Waals surface area contributed by atoms with E-state index >= 15 is 0 Å². The van der Waals surface area contributed by atoms with Crippen molar-refractivity contribution in [1.29, 1.82) is 0 Å². The molecule has 0 saturated heterocycles. The maximum Gasteiger partial charge on any atom is 0.133 e. The van der Waals surface area contributed by atoms with Crippen molar-refractivity contribution in [2.45, 2.75) is 44.4 Å². The van der Waals surface area contributed by atoms with Gasteiger partial charge >= 0.3 is 0 Å². The lowest BCUT2D eigenvalue weighted by atomic mass is 9.73. The number of benzene rings is 3. The lowest BCUT2D eigenvalue weighted by Crippen LogP contribution is -2.19. The van der Waals surface area contributed by atoms with Crippen LogP contribution in [0, 0.1) is 17.6 Å². The van der Waals surface area contributed by atoms with Crippen LogP contribution in [0.5, 0.6) is 0 Å². The first-order chi connectivity index (χ1) is 17.1. The van der Waals surface area contributed by atoms with Crippen molar-refractivity contribution in [2.24, 2.45) is 5.92 Å². The maximum absolute atomic E-state index is 14.8. The summed E-state index contributed by atoms with van der Waals surface area (Å²) >= 11 is 0. The molecule has 3 aromatic carbocycles. The molecule has 0 bridgehead atoms. The summed E-state index contributed by atoms with van der Waals surface area (Å²) in [7, 11) is 0. The molecule has 35 heavy (non-hydrogen) atoms. The lowest BCUT2D eigenvalue weighted by molar-refractivity contribution is 0.286. The summed E-state index contributed by atoms with van der Waals surface area (Å²) in [6.45, 7) is 2.22. The molecule has 0 spiro atoms. The number of imidazole rings is 1. The van der Waals surface area contributed by atoms with Gasteiger partial charge in [-0.3, -0.25) is 4.98 Å². The van der Waals surface area contributed by atoms with Gasteiger partial charge in [-0.25, -0.2) is 13.8 Å². The summed E-state index contributed by atoms with van der Waals surface area (Å²) in [5, 5.41) is 0.928. The fourth-order valence-corrected chi connectivity index (χ4v) is 5.75. The van der Waals surface area contributed by atoms with E-state index in [0.717, 1.165) is 59.0 Å². The van der Waals surface area contributed by atoms with Gasteiger partial charge in [0.1, 0.15) is 17.5 Å². The highest BCUT2D eigenvalue weighted by Gasteiger charge is 2.29. The van der Waals surface area contributed by atoms with E-state index in [9.17, 15) is 8.78 Å². The first kappa shape index (κ1) is 21.9. The van der Waals surface area contributed by atoms with Crippen LogP contribution in [0.3, 0.4) is 0 Å². The molecule has 0 radical (unpaired) electrons. The predicted molar refractivity (Wildman–Crippen MR) is 136 cm³/mol. The molecule has 5 aromatic rings. The standard InChI is InChI=1S/C30H27F2N3/c1-18(30-34-28-16-24(20-5-3-2-4-6-20)26(32)17-29(28)35-30)19-7-9-21(10-8-19)23-13-14-33-27-12-11-22(31)15-25(23)27/h2-6,11-19,21H,7-10H2,1H3,(H,34,35)/t18-,19?,21?/m0/s1. The van der Waals surface area contributed by atoms with E-state index in [4.69, 9.17) is 4.98 Å². The Balaban J connectivity index is 1.21. The Morgan fingerprint density at radius 2 is 1.69 bits per heavy atom. The van der Waals surface area contributed by atoms with Crippen LogP contribution in [0.15, 0.2) is 72.9 Å². The van der Waals surface area contributed by atoms with E-state index in [-0.39, 0.29) is 17.6 Å². The third-order valence-corrected chi connectivity index (χ3v) is 7.76. The molecule has 5 heteroatoms. The van der Waals surface area contributed by atoms with Crippen LogP contribution in [0.25, 0.3) is 33.1 Å². The Morgan fingerprint density at radius 3 is 2.49 bits per heavy atom. The van der Waals surface area contributed by atoms with Gasteiger partial charge in [-0.05, 0) is 79.0 Å². The van der Waals surface area contributed by atoms with E-state index in [1.807, 2.05) is 48.7 Å². The smallest absolute Gasteiger partial charge is 0.133 e. The molecular formula is C30H27F2N3. The van der Waals surface area contributed by atoms with Gasteiger partial charge in [-0.15, -0.1) is 0 Å².